The second-order valence-electron chi connectivity index (χ2n) is 6.32. The Morgan fingerprint density at radius 3 is 2.70 bits per heavy atom. The second kappa shape index (κ2) is 8.16. The van der Waals surface area contributed by atoms with Crippen molar-refractivity contribution in [2.75, 3.05) is 11.9 Å². The maximum absolute atomic E-state index is 13.5. The van der Waals surface area contributed by atoms with Crippen LogP contribution in [0.25, 0.3) is 0 Å². The van der Waals surface area contributed by atoms with Gasteiger partial charge in [0, 0.05) is 6.07 Å². The highest BCUT2D eigenvalue weighted by atomic mass is 19.1. The predicted molar refractivity (Wildman–Crippen MR) is 94.5 cm³/mol. The molecule has 1 unspecified atom stereocenters. The van der Waals surface area contributed by atoms with Crippen LogP contribution in [0.2, 0.25) is 0 Å². The van der Waals surface area contributed by atoms with E-state index >= 15 is 0 Å². The van der Waals surface area contributed by atoms with E-state index in [1.807, 2.05) is 12.1 Å². The molecule has 1 atom stereocenters. The Morgan fingerprint density at radius 2 is 1.89 bits per heavy atom. The van der Waals surface area contributed by atoms with E-state index in [0.717, 1.165) is 37.5 Å². The maximum atomic E-state index is 13.5. The number of aryl methyl sites for hydroxylation is 2. The van der Waals surface area contributed by atoms with Crippen molar-refractivity contribution in [3.05, 3.63) is 59.2 Å². The summed E-state index contributed by atoms with van der Waals surface area (Å²) >= 11 is 0. The van der Waals surface area contributed by atoms with Crippen LogP contribution in [0.4, 0.5) is 14.5 Å². The van der Waals surface area contributed by atoms with Crippen molar-refractivity contribution in [3.8, 4) is 5.75 Å². The SMILES string of the molecule is CC(OC(=O)COc1ccc2c(c1)CCC2)C(=O)Nc1cc(F)ccc1F. The van der Waals surface area contributed by atoms with Crippen LogP contribution in [0.3, 0.4) is 0 Å². The van der Waals surface area contributed by atoms with E-state index in [4.69, 9.17) is 9.47 Å². The number of carbonyl (C=O) groups excluding carboxylic acids is 2. The summed E-state index contributed by atoms with van der Waals surface area (Å²) in [5, 5.41) is 2.19. The van der Waals surface area contributed by atoms with Crippen molar-refractivity contribution in [2.24, 2.45) is 0 Å². The van der Waals surface area contributed by atoms with Gasteiger partial charge in [0.1, 0.15) is 17.4 Å². The number of carbonyl (C=O) groups is 2. The Hall–Kier alpha value is -2.96. The minimum absolute atomic E-state index is 0.322. The number of fused-ring (bicyclic) bond motifs is 1. The number of halogens is 2. The van der Waals surface area contributed by atoms with Gasteiger partial charge in [0.15, 0.2) is 12.7 Å². The zero-order valence-corrected chi connectivity index (χ0v) is 14.8. The first-order valence-electron chi connectivity index (χ1n) is 8.62. The molecule has 0 aromatic heterocycles. The van der Waals surface area contributed by atoms with Gasteiger partial charge < -0.3 is 14.8 Å². The number of amides is 1. The number of anilines is 1. The van der Waals surface area contributed by atoms with E-state index in [1.165, 1.54) is 18.1 Å². The lowest BCUT2D eigenvalue weighted by Gasteiger charge is -2.14. The van der Waals surface area contributed by atoms with E-state index in [-0.39, 0.29) is 12.3 Å². The average molecular weight is 375 g/mol. The molecule has 0 fully saturated rings. The van der Waals surface area contributed by atoms with Crippen LogP contribution in [0, 0.1) is 11.6 Å². The molecule has 2 aromatic rings. The molecule has 3 rings (SSSR count). The van der Waals surface area contributed by atoms with Gasteiger partial charge in [0.25, 0.3) is 5.91 Å². The van der Waals surface area contributed by atoms with Crippen LogP contribution in [0.1, 0.15) is 24.5 Å². The average Bonchev–Trinajstić information content (AvgIpc) is 3.10. The molecule has 7 heteroatoms. The lowest BCUT2D eigenvalue weighted by atomic mass is 10.1. The van der Waals surface area contributed by atoms with E-state index in [1.54, 1.807) is 6.07 Å². The molecule has 0 heterocycles. The van der Waals surface area contributed by atoms with Crippen LogP contribution >= 0.6 is 0 Å². The summed E-state index contributed by atoms with van der Waals surface area (Å²) in [7, 11) is 0. The van der Waals surface area contributed by atoms with Crippen LogP contribution in [0.15, 0.2) is 36.4 Å². The topological polar surface area (TPSA) is 64.6 Å². The fourth-order valence-electron chi connectivity index (χ4n) is 2.89. The first-order chi connectivity index (χ1) is 12.9. The standard InChI is InChI=1S/C20H19F2NO4/c1-12(20(25)23-18-10-15(21)6-8-17(18)22)27-19(24)11-26-16-7-5-13-3-2-4-14(13)9-16/h5-10,12H,2-4,11H2,1H3,(H,23,25). The third kappa shape index (κ3) is 4.81. The Labute approximate surface area is 155 Å². The highest BCUT2D eigenvalue weighted by Crippen LogP contribution is 2.26. The largest absolute Gasteiger partial charge is 0.482 e. The normalized spacial score (nSPS) is 13.6. The number of esters is 1. The van der Waals surface area contributed by atoms with Crippen LogP contribution in [0.5, 0.6) is 5.75 Å². The van der Waals surface area contributed by atoms with Crippen molar-refractivity contribution in [2.45, 2.75) is 32.3 Å². The third-order valence-corrected chi connectivity index (χ3v) is 4.29. The maximum Gasteiger partial charge on any atom is 0.344 e. The quantitative estimate of drug-likeness (QED) is 0.786. The van der Waals surface area contributed by atoms with Crippen LogP contribution < -0.4 is 10.1 Å². The van der Waals surface area contributed by atoms with Crippen molar-refractivity contribution >= 4 is 17.6 Å². The van der Waals surface area contributed by atoms with Gasteiger partial charge in [-0.3, -0.25) is 4.79 Å². The number of hydrogen-bond acceptors (Lipinski definition) is 4. The summed E-state index contributed by atoms with van der Waals surface area (Å²) < 4.78 is 37.1. The molecular formula is C20H19F2NO4. The van der Waals surface area contributed by atoms with E-state index < -0.39 is 29.6 Å². The summed E-state index contributed by atoms with van der Waals surface area (Å²) in [5.41, 5.74) is 2.18. The summed E-state index contributed by atoms with van der Waals surface area (Å²) in [6.45, 7) is 0.977. The van der Waals surface area contributed by atoms with Gasteiger partial charge in [-0.25, -0.2) is 13.6 Å². The Bertz CT molecular complexity index is 869. The van der Waals surface area contributed by atoms with Gasteiger partial charge in [-0.2, -0.15) is 0 Å². The molecule has 142 valence electrons. The van der Waals surface area contributed by atoms with E-state index in [9.17, 15) is 18.4 Å². The zero-order chi connectivity index (χ0) is 19.4. The summed E-state index contributed by atoms with van der Waals surface area (Å²) in [6, 6.07) is 8.35. The Balaban J connectivity index is 1.49. The number of ether oxygens (including phenoxy) is 2. The van der Waals surface area contributed by atoms with Gasteiger partial charge >= 0.3 is 5.97 Å². The summed E-state index contributed by atoms with van der Waals surface area (Å²) in [5.74, 6) is -2.43. The molecule has 27 heavy (non-hydrogen) atoms. The smallest absolute Gasteiger partial charge is 0.344 e. The minimum Gasteiger partial charge on any atom is -0.482 e. The number of rotatable bonds is 6. The molecule has 0 spiro atoms. The monoisotopic (exact) mass is 375 g/mol. The molecule has 0 bridgehead atoms. The minimum atomic E-state index is -1.19. The van der Waals surface area contributed by atoms with E-state index in [2.05, 4.69) is 5.32 Å². The Morgan fingerprint density at radius 1 is 1.11 bits per heavy atom. The van der Waals surface area contributed by atoms with Crippen LogP contribution in [-0.4, -0.2) is 24.6 Å². The first kappa shape index (κ1) is 18.8. The number of hydrogen-bond donors (Lipinski definition) is 1. The van der Waals surface area contributed by atoms with Gasteiger partial charge in [-0.15, -0.1) is 0 Å². The highest BCUT2D eigenvalue weighted by Gasteiger charge is 2.20. The molecule has 1 aliphatic rings. The molecule has 5 nitrogen and oxygen atoms in total. The molecule has 2 aromatic carbocycles. The molecule has 1 amide bonds. The lowest BCUT2D eigenvalue weighted by Crippen LogP contribution is -2.32. The summed E-state index contributed by atoms with van der Waals surface area (Å²) in [4.78, 5) is 23.9. The molecule has 1 aliphatic carbocycles. The molecule has 1 N–H and O–H groups in total. The second-order valence-corrected chi connectivity index (χ2v) is 6.32. The predicted octanol–water partition coefficient (Wildman–Crippen LogP) is 3.40. The van der Waals surface area contributed by atoms with Crippen molar-refractivity contribution < 1.29 is 27.8 Å². The number of benzene rings is 2. The fraction of sp³-hybridized carbons (Fsp3) is 0.300. The van der Waals surface area contributed by atoms with Crippen molar-refractivity contribution in [1.82, 2.24) is 0 Å². The molecule has 0 radical (unpaired) electrons. The molecule has 0 aliphatic heterocycles. The van der Waals surface area contributed by atoms with E-state index in [0.29, 0.717) is 5.75 Å². The van der Waals surface area contributed by atoms with Crippen LogP contribution in [-0.2, 0) is 27.2 Å². The van der Waals surface area contributed by atoms with Crippen molar-refractivity contribution in [3.63, 3.8) is 0 Å². The van der Waals surface area contributed by atoms with Crippen molar-refractivity contribution in [1.29, 1.82) is 0 Å². The summed E-state index contributed by atoms with van der Waals surface area (Å²) in [6.07, 6.45) is 1.96. The highest BCUT2D eigenvalue weighted by molar-refractivity contribution is 5.95. The third-order valence-electron chi connectivity index (χ3n) is 4.29. The van der Waals surface area contributed by atoms with Gasteiger partial charge in [-0.1, -0.05) is 6.07 Å². The molecule has 0 saturated carbocycles. The lowest BCUT2D eigenvalue weighted by molar-refractivity contribution is -0.155. The Kier molecular flexibility index (Phi) is 5.69. The zero-order valence-electron chi connectivity index (χ0n) is 14.8. The van der Waals surface area contributed by atoms with Gasteiger partial charge in [0.2, 0.25) is 0 Å². The fourth-order valence-corrected chi connectivity index (χ4v) is 2.89. The molecular weight excluding hydrogens is 356 g/mol. The van der Waals surface area contributed by atoms with Gasteiger partial charge in [-0.05, 0) is 61.6 Å². The molecule has 0 saturated heterocycles. The van der Waals surface area contributed by atoms with Gasteiger partial charge in [0.05, 0.1) is 5.69 Å². The number of nitrogens with one attached hydrogen (secondary N) is 1. The first-order valence-corrected chi connectivity index (χ1v) is 8.62.